The molecule has 0 aromatic heterocycles. The van der Waals surface area contributed by atoms with Crippen LogP contribution in [0.3, 0.4) is 0 Å². The van der Waals surface area contributed by atoms with Gasteiger partial charge in [-0.15, -0.1) is 0 Å². The monoisotopic (exact) mass is 365 g/mol. The Bertz CT molecular complexity index is 830. The van der Waals surface area contributed by atoms with Gasteiger partial charge in [-0.2, -0.15) is 5.26 Å². The van der Waals surface area contributed by atoms with Gasteiger partial charge in [-0.25, -0.2) is 0 Å². The van der Waals surface area contributed by atoms with Gasteiger partial charge in [0.1, 0.15) is 11.5 Å². The van der Waals surface area contributed by atoms with E-state index < -0.39 is 0 Å². The number of carbonyl (C=O) groups is 1. The molecule has 0 bridgehead atoms. The molecule has 0 atom stereocenters. The van der Waals surface area contributed by atoms with E-state index in [-0.39, 0.29) is 5.91 Å². The van der Waals surface area contributed by atoms with Crippen molar-refractivity contribution < 1.29 is 14.3 Å². The highest BCUT2D eigenvalue weighted by Gasteiger charge is 2.14. The lowest BCUT2D eigenvalue weighted by Gasteiger charge is -2.15. The van der Waals surface area contributed by atoms with Gasteiger partial charge in [-0.05, 0) is 29.8 Å². The zero-order valence-corrected chi connectivity index (χ0v) is 15.7. The van der Waals surface area contributed by atoms with Crippen molar-refractivity contribution in [2.24, 2.45) is 0 Å². The first-order chi connectivity index (χ1) is 13.1. The molecule has 0 heterocycles. The summed E-state index contributed by atoms with van der Waals surface area (Å²) < 4.78 is 10.9. The van der Waals surface area contributed by atoms with Gasteiger partial charge in [-0.3, -0.25) is 4.79 Å². The third-order valence-electron chi connectivity index (χ3n) is 3.91. The third-order valence-corrected chi connectivity index (χ3v) is 3.91. The fourth-order valence-electron chi connectivity index (χ4n) is 2.58. The standard InChI is InChI=1S/C21H23N3O3/c1-15(25)23-14-19-20(26-2)10-16(11-21(19)27-3)9-17(12-22)13-24-18-7-5-4-6-8-18/h4-8,10-11,13,24H,9,14H2,1-3H3,(H,23,25)/b17-13-. The first kappa shape index (κ1) is 19.9. The van der Waals surface area contributed by atoms with Crippen LogP contribution < -0.4 is 20.1 Å². The molecular formula is C21H23N3O3. The van der Waals surface area contributed by atoms with E-state index in [0.29, 0.717) is 30.0 Å². The van der Waals surface area contributed by atoms with Gasteiger partial charge < -0.3 is 20.1 Å². The van der Waals surface area contributed by atoms with E-state index in [9.17, 15) is 10.1 Å². The third kappa shape index (κ3) is 5.79. The van der Waals surface area contributed by atoms with Crippen LogP contribution in [-0.2, 0) is 17.8 Å². The summed E-state index contributed by atoms with van der Waals surface area (Å²) in [7, 11) is 3.13. The summed E-state index contributed by atoms with van der Waals surface area (Å²) in [5.41, 5.74) is 3.10. The predicted molar refractivity (Wildman–Crippen MR) is 105 cm³/mol. The molecule has 0 radical (unpaired) electrons. The summed E-state index contributed by atoms with van der Waals surface area (Å²) in [5.74, 6) is 1.07. The highest BCUT2D eigenvalue weighted by Crippen LogP contribution is 2.31. The second kappa shape index (κ2) is 9.88. The van der Waals surface area contributed by atoms with Crippen LogP contribution in [0.5, 0.6) is 11.5 Å². The molecule has 6 nitrogen and oxygen atoms in total. The average molecular weight is 365 g/mol. The van der Waals surface area contributed by atoms with E-state index in [0.717, 1.165) is 16.8 Å². The number of amides is 1. The number of ether oxygens (including phenoxy) is 2. The van der Waals surface area contributed by atoms with Gasteiger partial charge in [0, 0.05) is 30.8 Å². The minimum atomic E-state index is -0.134. The molecule has 0 saturated carbocycles. The van der Waals surface area contributed by atoms with E-state index in [1.54, 1.807) is 20.4 Å². The summed E-state index contributed by atoms with van der Waals surface area (Å²) in [6.07, 6.45) is 2.11. The predicted octanol–water partition coefficient (Wildman–Crippen LogP) is 3.40. The summed E-state index contributed by atoms with van der Waals surface area (Å²) in [4.78, 5) is 11.2. The first-order valence-corrected chi connectivity index (χ1v) is 8.46. The van der Waals surface area contributed by atoms with Crippen LogP contribution >= 0.6 is 0 Å². The SMILES string of the molecule is COc1cc(C/C(C#N)=C/Nc2ccccc2)cc(OC)c1CNC(C)=O. The Kier molecular flexibility index (Phi) is 7.26. The summed E-state index contributed by atoms with van der Waals surface area (Å²) in [6.45, 7) is 1.76. The van der Waals surface area contributed by atoms with Crippen molar-refractivity contribution in [3.05, 3.63) is 65.4 Å². The minimum absolute atomic E-state index is 0.134. The van der Waals surface area contributed by atoms with Crippen molar-refractivity contribution in [3.8, 4) is 17.6 Å². The number of nitrogens with one attached hydrogen (secondary N) is 2. The van der Waals surface area contributed by atoms with E-state index >= 15 is 0 Å². The quantitative estimate of drug-likeness (QED) is 0.701. The molecule has 0 fully saturated rings. The molecule has 0 aliphatic carbocycles. The van der Waals surface area contributed by atoms with E-state index in [1.165, 1.54) is 6.92 Å². The van der Waals surface area contributed by atoms with Crippen LogP contribution in [0.15, 0.2) is 54.2 Å². The largest absolute Gasteiger partial charge is 0.496 e. The van der Waals surface area contributed by atoms with Crippen LogP contribution in [0, 0.1) is 11.3 Å². The summed E-state index contributed by atoms with van der Waals surface area (Å²) in [5, 5.41) is 15.3. The number of rotatable bonds is 8. The zero-order chi connectivity index (χ0) is 19.6. The van der Waals surface area contributed by atoms with Crippen molar-refractivity contribution in [3.63, 3.8) is 0 Å². The van der Waals surface area contributed by atoms with Gasteiger partial charge in [0.05, 0.1) is 32.4 Å². The van der Waals surface area contributed by atoms with Crippen molar-refractivity contribution in [2.75, 3.05) is 19.5 Å². The number of nitrogens with zero attached hydrogens (tertiary/aromatic N) is 1. The zero-order valence-electron chi connectivity index (χ0n) is 15.7. The first-order valence-electron chi connectivity index (χ1n) is 8.46. The molecule has 2 aromatic rings. The summed E-state index contributed by atoms with van der Waals surface area (Å²) in [6, 6.07) is 15.5. The topological polar surface area (TPSA) is 83.4 Å². The molecule has 0 unspecified atom stereocenters. The van der Waals surface area contributed by atoms with Crippen molar-refractivity contribution in [1.82, 2.24) is 5.32 Å². The number of hydrogen-bond donors (Lipinski definition) is 2. The van der Waals surface area contributed by atoms with Gasteiger partial charge in [-0.1, -0.05) is 18.2 Å². The molecule has 1 amide bonds. The van der Waals surface area contributed by atoms with Crippen LogP contribution in [0.1, 0.15) is 18.1 Å². The van der Waals surface area contributed by atoms with Crippen LogP contribution in [-0.4, -0.2) is 20.1 Å². The maximum Gasteiger partial charge on any atom is 0.217 e. The second-order valence-electron chi connectivity index (χ2n) is 5.86. The maximum absolute atomic E-state index is 11.2. The van der Waals surface area contributed by atoms with Gasteiger partial charge in [0.2, 0.25) is 5.91 Å². The fraction of sp³-hybridized carbons (Fsp3) is 0.238. The number of benzene rings is 2. The second-order valence-corrected chi connectivity index (χ2v) is 5.86. The minimum Gasteiger partial charge on any atom is -0.496 e. The average Bonchev–Trinajstić information content (AvgIpc) is 2.69. The molecule has 0 saturated heterocycles. The van der Waals surface area contributed by atoms with Crippen LogP contribution in [0.4, 0.5) is 5.69 Å². The Labute approximate surface area is 159 Å². The molecule has 0 spiro atoms. The normalized spacial score (nSPS) is 10.7. The molecule has 140 valence electrons. The van der Waals surface area contributed by atoms with Crippen molar-refractivity contribution in [2.45, 2.75) is 19.9 Å². The molecule has 0 aliphatic rings. The Morgan fingerprint density at radius 2 is 1.78 bits per heavy atom. The van der Waals surface area contributed by atoms with Crippen molar-refractivity contribution in [1.29, 1.82) is 5.26 Å². The van der Waals surface area contributed by atoms with Crippen LogP contribution in [0.2, 0.25) is 0 Å². The van der Waals surface area contributed by atoms with E-state index in [4.69, 9.17) is 9.47 Å². The number of anilines is 1. The Balaban J connectivity index is 2.23. The smallest absolute Gasteiger partial charge is 0.217 e. The molecule has 6 heteroatoms. The highest BCUT2D eigenvalue weighted by molar-refractivity contribution is 5.73. The molecule has 0 aliphatic heterocycles. The van der Waals surface area contributed by atoms with Gasteiger partial charge >= 0.3 is 0 Å². The summed E-state index contributed by atoms with van der Waals surface area (Å²) >= 11 is 0. The fourth-order valence-corrected chi connectivity index (χ4v) is 2.58. The molecule has 2 aromatic carbocycles. The number of allylic oxidation sites excluding steroid dienone is 1. The number of para-hydroxylation sites is 1. The van der Waals surface area contributed by atoms with E-state index in [1.807, 2.05) is 42.5 Å². The molecular weight excluding hydrogens is 342 g/mol. The Morgan fingerprint density at radius 1 is 1.15 bits per heavy atom. The molecule has 2 rings (SSSR count). The molecule has 2 N–H and O–H groups in total. The van der Waals surface area contributed by atoms with E-state index in [2.05, 4.69) is 16.7 Å². The lowest BCUT2D eigenvalue weighted by atomic mass is 10.0. The maximum atomic E-state index is 11.2. The number of carbonyl (C=O) groups excluding carboxylic acids is 1. The van der Waals surface area contributed by atoms with Gasteiger partial charge in [0.15, 0.2) is 0 Å². The Morgan fingerprint density at radius 3 is 2.30 bits per heavy atom. The van der Waals surface area contributed by atoms with Crippen LogP contribution in [0.25, 0.3) is 0 Å². The van der Waals surface area contributed by atoms with Gasteiger partial charge in [0.25, 0.3) is 0 Å². The molecule has 27 heavy (non-hydrogen) atoms. The van der Waals surface area contributed by atoms with Crippen molar-refractivity contribution >= 4 is 11.6 Å². The number of nitriles is 1. The lowest BCUT2D eigenvalue weighted by molar-refractivity contribution is -0.119. The highest BCUT2D eigenvalue weighted by atomic mass is 16.5. The Hall–Kier alpha value is -3.46. The lowest BCUT2D eigenvalue weighted by Crippen LogP contribution is -2.20. The number of methoxy groups -OCH3 is 2. The number of hydrogen-bond acceptors (Lipinski definition) is 5.